The number of carbonyl (C=O) groups is 1. The van der Waals surface area contributed by atoms with Gasteiger partial charge in [0.15, 0.2) is 5.69 Å². The molecule has 26 heavy (non-hydrogen) atoms. The highest BCUT2D eigenvalue weighted by Gasteiger charge is 2.19. The Morgan fingerprint density at radius 2 is 2.08 bits per heavy atom. The number of halogens is 1. The quantitative estimate of drug-likeness (QED) is 0.834. The number of nitrogens with zero attached hydrogens (tertiary/aromatic N) is 3. The smallest absolute Gasteiger partial charge is 0.277 e. The van der Waals surface area contributed by atoms with Crippen LogP contribution in [-0.4, -0.2) is 40.1 Å². The number of hydrogen-bond acceptors (Lipinski definition) is 5. The number of aryl methyl sites for hydroxylation is 1. The van der Waals surface area contributed by atoms with Crippen LogP contribution >= 0.6 is 12.4 Å². The second-order valence-corrected chi connectivity index (χ2v) is 6.67. The molecule has 1 amide bonds. The van der Waals surface area contributed by atoms with Crippen molar-refractivity contribution in [2.45, 2.75) is 45.8 Å². The van der Waals surface area contributed by atoms with E-state index in [9.17, 15) is 4.79 Å². The molecule has 0 spiro atoms. The SMILES string of the molecule is Cc1cc(NC(=O)c2cn(C3CCNCC3)nn2)ccc1OC(C)C.Cl. The predicted molar refractivity (Wildman–Crippen MR) is 103 cm³/mol. The Labute approximate surface area is 159 Å². The Morgan fingerprint density at radius 1 is 1.35 bits per heavy atom. The van der Waals surface area contributed by atoms with Crippen LogP contribution in [0.3, 0.4) is 0 Å². The minimum absolute atomic E-state index is 0. The molecule has 2 aromatic rings. The summed E-state index contributed by atoms with van der Waals surface area (Å²) in [7, 11) is 0. The van der Waals surface area contributed by atoms with Gasteiger partial charge in [-0.05, 0) is 70.5 Å². The van der Waals surface area contributed by atoms with E-state index in [2.05, 4.69) is 20.9 Å². The van der Waals surface area contributed by atoms with Crippen LogP contribution in [0.2, 0.25) is 0 Å². The van der Waals surface area contributed by atoms with Crippen molar-refractivity contribution >= 4 is 24.0 Å². The molecular weight excluding hydrogens is 354 g/mol. The van der Waals surface area contributed by atoms with Crippen molar-refractivity contribution in [2.75, 3.05) is 18.4 Å². The fraction of sp³-hybridized carbons (Fsp3) is 0.500. The van der Waals surface area contributed by atoms with E-state index in [4.69, 9.17) is 4.74 Å². The molecule has 2 N–H and O–H groups in total. The van der Waals surface area contributed by atoms with Gasteiger partial charge in [0.05, 0.1) is 18.3 Å². The number of anilines is 1. The van der Waals surface area contributed by atoms with Crippen LogP contribution in [0.15, 0.2) is 24.4 Å². The summed E-state index contributed by atoms with van der Waals surface area (Å²) >= 11 is 0. The van der Waals surface area contributed by atoms with Crippen molar-refractivity contribution in [1.82, 2.24) is 20.3 Å². The zero-order chi connectivity index (χ0) is 17.8. The van der Waals surface area contributed by atoms with Crippen LogP contribution in [0, 0.1) is 6.92 Å². The number of carbonyl (C=O) groups excluding carboxylic acids is 1. The standard InChI is InChI=1S/C18H25N5O2.ClH/c1-12(2)25-17-5-4-14(10-13(17)3)20-18(24)16-11-23(22-21-16)15-6-8-19-9-7-15;/h4-5,10-12,15,19H,6-9H2,1-3H3,(H,20,24);1H. The average molecular weight is 380 g/mol. The third-order valence-corrected chi connectivity index (χ3v) is 4.22. The summed E-state index contributed by atoms with van der Waals surface area (Å²) in [5.41, 5.74) is 2.03. The Balaban J connectivity index is 0.00000243. The van der Waals surface area contributed by atoms with Gasteiger partial charge in [0.25, 0.3) is 5.91 Å². The lowest BCUT2D eigenvalue weighted by Crippen LogP contribution is -2.29. The van der Waals surface area contributed by atoms with Crippen LogP contribution in [0.1, 0.15) is 48.8 Å². The Hall–Kier alpha value is -2.12. The Morgan fingerprint density at radius 3 is 2.73 bits per heavy atom. The number of nitrogens with one attached hydrogen (secondary N) is 2. The minimum atomic E-state index is -0.253. The lowest BCUT2D eigenvalue weighted by molar-refractivity contribution is 0.102. The minimum Gasteiger partial charge on any atom is -0.491 e. The van der Waals surface area contributed by atoms with E-state index in [1.54, 1.807) is 10.9 Å². The number of piperidine rings is 1. The zero-order valence-electron chi connectivity index (χ0n) is 15.4. The largest absolute Gasteiger partial charge is 0.491 e. The third-order valence-electron chi connectivity index (χ3n) is 4.22. The maximum atomic E-state index is 12.4. The monoisotopic (exact) mass is 379 g/mol. The molecule has 1 aliphatic rings. The molecule has 7 nitrogen and oxygen atoms in total. The summed E-state index contributed by atoms with van der Waals surface area (Å²) in [5.74, 6) is 0.571. The van der Waals surface area contributed by atoms with E-state index in [1.165, 1.54) is 0 Å². The molecule has 0 aliphatic carbocycles. The maximum absolute atomic E-state index is 12.4. The van der Waals surface area contributed by atoms with E-state index in [0.717, 1.165) is 42.9 Å². The van der Waals surface area contributed by atoms with Gasteiger partial charge in [-0.1, -0.05) is 5.21 Å². The molecule has 1 fully saturated rings. The van der Waals surface area contributed by atoms with Crippen molar-refractivity contribution in [1.29, 1.82) is 0 Å². The summed E-state index contributed by atoms with van der Waals surface area (Å²) in [6.45, 7) is 7.87. The summed E-state index contributed by atoms with van der Waals surface area (Å²) < 4.78 is 7.52. The summed E-state index contributed by atoms with van der Waals surface area (Å²) in [6, 6.07) is 5.91. The third kappa shape index (κ3) is 4.95. The number of ether oxygens (including phenoxy) is 1. The van der Waals surface area contributed by atoms with Gasteiger partial charge < -0.3 is 15.4 Å². The van der Waals surface area contributed by atoms with E-state index >= 15 is 0 Å². The topological polar surface area (TPSA) is 81.1 Å². The molecule has 142 valence electrons. The molecule has 1 aromatic carbocycles. The first kappa shape index (κ1) is 20.2. The van der Waals surface area contributed by atoms with Gasteiger partial charge in [-0.3, -0.25) is 4.79 Å². The second-order valence-electron chi connectivity index (χ2n) is 6.67. The Kier molecular flexibility index (Phi) is 6.99. The van der Waals surface area contributed by atoms with Crippen molar-refractivity contribution in [3.05, 3.63) is 35.7 Å². The number of aromatic nitrogens is 3. The fourth-order valence-corrected chi connectivity index (χ4v) is 2.94. The predicted octanol–water partition coefficient (Wildman–Crippen LogP) is 2.97. The lowest BCUT2D eigenvalue weighted by atomic mass is 10.1. The van der Waals surface area contributed by atoms with Crippen LogP contribution in [0.25, 0.3) is 0 Å². The fourth-order valence-electron chi connectivity index (χ4n) is 2.94. The van der Waals surface area contributed by atoms with Gasteiger partial charge in [-0.15, -0.1) is 17.5 Å². The second kappa shape index (κ2) is 9.00. The van der Waals surface area contributed by atoms with Crippen molar-refractivity contribution in [3.63, 3.8) is 0 Å². The molecule has 0 bridgehead atoms. The summed E-state index contributed by atoms with van der Waals surface area (Å²) in [6.07, 6.45) is 3.85. The van der Waals surface area contributed by atoms with Gasteiger partial charge in [-0.2, -0.15) is 0 Å². The molecule has 0 radical (unpaired) electrons. The van der Waals surface area contributed by atoms with Gasteiger partial charge in [-0.25, -0.2) is 4.68 Å². The average Bonchev–Trinajstić information content (AvgIpc) is 3.08. The number of hydrogen-bond donors (Lipinski definition) is 2. The molecule has 3 rings (SSSR count). The lowest BCUT2D eigenvalue weighted by Gasteiger charge is -2.22. The van der Waals surface area contributed by atoms with E-state index in [0.29, 0.717) is 11.7 Å². The van der Waals surface area contributed by atoms with Crippen LogP contribution in [0.4, 0.5) is 5.69 Å². The van der Waals surface area contributed by atoms with Gasteiger partial charge in [0.1, 0.15) is 5.75 Å². The zero-order valence-corrected chi connectivity index (χ0v) is 16.2. The highest BCUT2D eigenvalue weighted by Crippen LogP contribution is 2.23. The number of amides is 1. The van der Waals surface area contributed by atoms with Crippen LogP contribution in [-0.2, 0) is 0 Å². The number of rotatable bonds is 5. The Bertz CT molecular complexity index is 741. The normalized spacial score (nSPS) is 14.8. The van der Waals surface area contributed by atoms with Crippen LogP contribution < -0.4 is 15.4 Å². The molecule has 0 atom stereocenters. The molecular formula is C18H26ClN5O2. The first-order chi connectivity index (χ1) is 12.0. The molecule has 8 heteroatoms. The van der Waals surface area contributed by atoms with E-state index in [-0.39, 0.29) is 24.4 Å². The first-order valence-electron chi connectivity index (χ1n) is 8.74. The van der Waals surface area contributed by atoms with E-state index < -0.39 is 0 Å². The van der Waals surface area contributed by atoms with Gasteiger partial charge in [0, 0.05) is 5.69 Å². The highest BCUT2D eigenvalue weighted by molar-refractivity contribution is 6.02. The van der Waals surface area contributed by atoms with Gasteiger partial charge >= 0.3 is 0 Å². The van der Waals surface area contributed by atoms with Crippen molar-refractivity contribution in [3.8, 4) is 5.75 Å². The van der Waals surface area contributed by atoms with Crippen molar-refractivity contribution < 1.29 is 9.53 Å². The van der Waals surface area contributed by atoms with Gasteiger partial charge in [0.2, 0.25) is 0 Å². The molecule has 1 saturated heterocycles. The number of benzene rings is 1. The maximum Gasteiger partial charge on any atom is 0.277 e. The first-order valence-corrected chi connectivity index (χ1v) is 8.74. The summed E-state index contributed by atoms with van der Waals surface area (Å²) in [4.78, 5) is 12.4. The molecule has 0 unspecified atom stereocenters. The van der Waals surface area contributed by atoms with Crippen molar-refractivity contribution in [2.24, 2.45) is 0 Å². The molecule has 2 heterocycles. The van der Waals surface area contributed by atoms with Crippen LogP contribution in [0.5, 0.6) is 5.75 Å². The molecule has 1 aliphatic heterocycles. The summed E-state index contributed by atoms with van der Waals surface area (Å²) in [5, 5.41) is 14.3. The highest BCUT2D eigenvalue weighted by atomic mass is 35.5. The van der Waals surface area contributed by atoms with E-state index in [1.807, 2.05) is 39.0 Å². The molecule has 1 aromatic heterocycles. The molecule has 0 saturated carbocycles.